The minimum Gasteiger partial charge on any atom is -0.291 e. The van der Waals surface area contributed by atoms with Gasteiger partial charge in [0, 0.05) is 5.71 Å². The average Bonchev–Trinajstić information content (AvgIpc) is 2.14. The van der Waals surface area contributed by atoms with Gasteiger partial charge in [0.1, 0.15) is 5.71 Å². The van der Waals surface area contributed by atoms with Crippen LogP contribution >= 0.6 is 15.9 Å². The number of hydrogen-bond donors (Lipinski definition) is 0. The highest BCUT2D eigenvalue weighted by molar-refractivity contribution is 9.10. The third-order valence-electron chi connectivity index (χ3n) is 1.64. The lowest BCUT2D eigenvalue weighted by Crippen LogP contribution is -2.34. The zero-order valence-corrected chi connectivity index (χ0v) is 8.48. The van der Waals surface area contributed by atoms with Gasteiger partial charge < -0.3 is 0 Å². The molecule has 1 aliphatic heterocycles. The van der Waals surface area contributed by atoms with Crippen molar-refractivity contribution in [2.75, 3.05) is 13.1 Å². The molecule has 0 N–H and O–H groups in total. The quantitative estimate of drug-likeness (QED) is 0.594. The summed E-state index contributed by atoms with van der Waals surface area (Å²) in [5, 5.41) is 0. The van der Waals surface area contributed by atoms with Gasteiger partial charge in [0.05, 0.1) is 17.9 Å². The third-order valence-corrected chi connectivity index (χ3v) is 2.74. The molecule has 0 bridgehead atoms. The maximum absolute atomic E-state index is 12.3. The third kappa shape index (κ3) is 2.52. The van der Waals surface area contributed by atoms with Crippen molar-refractivity contribution in [3.05, 3.63) is 0 Å². The van der Waals surface area contributed by atoms with Crippen molar-refractivity contribution < 1.29 is 13.2 Å². The van der Waals surface area contributed by atoms with E-state index in [2.05, 4.69) is 25.9 Å². The van der Waals surface area contributed by atoms with Crippen LogP contribution in [0.3, 0.4) is 0 Å². The summed E-state index contributed by atoms with van der Waals surface area (Å²) in [5.41, 5.74) is -0.361. The van der Waals surface area contributed by atoms with Crippen LogP contribution in [-0.4, -0.2) is 35.5 Å². The van der Waals surface area contributed by atoms with Crippen LogP contribution in [-0.2, 0) is 0 Å². The van der Waals surface area contributed by atoms with Gasteiger partial charge in [-0.15, -0.1) is 0 Å². The Balaban J connectivity index is 2.96. The molecular weight excluding hydrogens is 249 g/mol. The first-order valence-corrected chi connectivity index (χ1v) is 4.61. The Kier molecular flexibility index (Phi) is 3.10. The maximum atomic E-state index is 12.3. The SMILES string of the molecule is CC1=NCCN=C(C(F)(F)F)C1Br. The number of halogens is 4. The lowest BCUT2D eigenvalue weighted by Gasteiger charge is -2.13. The molecule has 0 fully saturated rings. The summed E-state index contributed by atoms with van der Waals surface area (Å²) in [5.74, 6) is 0. The van der Waals surface area contributed by atoms with Crippen molar-refractivity contribution in [2.45, 2.75) is 17.9 Å². The zero-order valence-electron chi connectivity index (χ0n) is 6.90. The molecule has 74 valence electrons. The highest BCUT2D eigenvalue weighted by Crippen LogP contribution is 2.24. The van der Waals surface area contributed by atoms with Crippen LogP contribution in [0.15, 0.2) is 9.98 Å². The molecule has 1 rings (SSSR count). The fourth-order valence-corrected chi connectivity index (χ4v) is 1.54. The Bertz CT molecular complexity index is 257. The predicted octanol–water partition coefficient (Wildman–Crippen LogP) is 2.23. The smallest absolute Gasteiger partial charge is 0.291 e. The van der Waals surface area contributed by atoms with Gasteiger partial charge in [-0.25, -0.2) is 0 Å². The lowest BCUT2D eigenvalue weighted by atomic mass is 10.2. The second-order valence-electron chi connectivity index (χ2n) is 2.65. The van der Waals surface area contributed by atoms with Crippen molar-refractivity contribution in [1.29, 1.82) is 0 Å². The van der Waals surface area contributed by atoms with Gasteiger partial charge in [-0.3, -0.25) is 9.98 Å². The molecule has 6 heteroatoms. The van der Waals surface area contributed by atoms with Crippen molar-refractivity contribution >= 4 is 27.4 Å². The van der Waals surface area contributed by atoms with Gasteiger partial charge in [-0.05, 0) is 6.92 Å². The summed E-state index contributed by atoms with van der Waals surface area (Å²) in [7, 11) is 0. The lowest BCUT2D eigenvalue weighted by molar-refractivity contribution is -0.0595. The molecule has 0 saturated heterocycles. The number of alkyl halides is 4. The Morgan fingerprint density at radius 3 is 2.38 bits per heavy atom. The van der Waals surface area contributed by atoms with Crippen LogP contribution in [0.25, 0.3) is 0 Å². The standard InChI is InChI=1S/C7H8BrF3N2/c1-4-5(8)6(7(9,10)11)13-3-2-12-4/h5H,2-3H2,1H3. The van der Waals surface area contributed by atoms with Crippen molar-refractivity contribution in [1.82, 2.24) is 0 Å². The summed E-state index contributed by atoms with van der Waals surface area (Å²) in [6.07, 6.45) is -4.37. The molecule has 2 nitrogen and oxygen atoms in total. The molecule has 1 heterocycles. The Morgan fingerprint density at radius 1 is 1.31 bits per heavy atom. The van der Waals surface area contributed by atoms with Crippen LogP contribution in [0, 0.1) is 0 Å². The van der Waals surface area contributed by atoms with Crippen LogP contribution in [0.1, 0.15) is 6.92 Å². The molecule has 0 aromatic carbocycles. The van der Waals surface area contributed by atoms with Gasteiger partial charge in [-0.2, -0.15) is 13.2 Å². The van der Waals surface area contributed by atoms with E-state index in [0.717, 1.165) is 0 Å². The molecule has 0 saturated carbocycles. The second kappa shape index (κ2) is 3.77. The summed E-state index contributed by atoms with van der Waals surface area (Å²) in [4.78, 5) is 6.49. The number of aliphatic imine (C=N–C) groups is 2. The normalized spacial score (nSPS) is 24.8. The molecule has 0 aromatic heterocycles. The van der Waals surface area contributed by atoms with Crippen LogP contribution < -0.4 is 0 Å². The van der Waals surface area contributed by atoms with Gasteiger partial charge in [0.25, 0.3) is 0 Å². The van der Waals surface area contributed by atoms with Crippen molar-refractivity contribution in [2.24, 2.45) is 9.98 Å². The average molecular weight is 257 g/mol. The second-order valence-corrected chi connectivity index (χ2v) is 3.57. The van der Waals surface area contributed by atoms with Gasteiger partial charge in [0.2, 0.25) is 0 Å². The first-order chi connectivity index (χ1) is 5.93. The first kappa shape index (κ1) is 10.7. The van der Waals surface area contributed by atoms with Gasteiger partial charge in [-0.1, -0.05) is 15.9 Å². The van der Waals surface area contributed by atoms with E-state index in [1.165, 1.54) is 0 Å². The van der Waals surface area contributed by atoms with E-state index in [4.69, 9.17) is 0 Å². The van der Waals surface area contributed by atoms with Crippen LogP contribution in [0.4, 0.5) is 13.2 Å². The summed E-state index contributed by atoms with van der Waals surface area (Å²) in [6.45, 7) is 1.99. The molecule has 0 spiro atoms. The minimum atomic E-state index is -4.37. The van der Waals surface area contributed by atoms with E-state index in [0.29, 0.717) is 12.3 Å². The molecule has 0 aromatic rings. The van der Waals surface area contributed by atoms with Crippen LogP contribution in [0.2, 0.25) is 0 Å². The topological polar surface area (TPSA) is 24.7 Å². The largest absolute Gasteiger partial charge is 0.430 e. The molecule has 1 unspecified atom stereocenters. The highest BCUT2D eigenvalue weighted by Gasteiger charge is 2.41. The van der Waals surface area contributed by atoms with Gasteiger partial charge in [0.15, 0.2) is 0 Å². The van der Waals surface area contributed by atoms with Crippen LogP contribution in [0.5, 0.6) is 0 Å². The molecule has 0 aliphatic carbocycles. The fourth-order valence-electron chi connectivity index (χ4n) is 0.988. The molecule has 0 amide bonds. The number of rotatable bonds is 0. The van der Waals surface area contributed by atoms with Crippen molar-refractivity contribution in [3.8, 4) is 0 Å². The molecule has 1 aliphatic rings. The van der Waals surface area contributed by atoms with E-state index < -0.39 is 16.7 Å². The zero-order chi connectivity index (χ0) is 10.1. The summed E-state index contributed by atoms with van der Waals surface area (Å²) in [6, 6.07) is 0. The molecule has 0 radical (unpaired) electrons. The highest BCUT2D eigenvalue weighted by atomic mass is 79.9. The Morgan fingerprint density at radius 2 is 1.85 bits per heavy atom. The van der Waals surface area contributed by atoms with E-state index in [1.54, 1.807) is 6.92 Å². The monoisotopic (exact) mass is 256 g/mol. The molecule has 13 heavy (non-hydrogen) atoms. The van der Waals surface area contributed by atoms with Crippen molar-refractivity contribution in [3.63, 3.8) is 0 Å². The number of nitrogens with zero attached hydrogens (tertiary/aromatic N) is 2. The fraction of sp³-hybridized carbons (Fsp3) is 0.714. The van der Waals surface area contributed by atoms with E-state index in [1.807, 2.05) is 0 Å². The van der Waals surface area contributed by atoms with Gasteiger partial charge >= 0.3 is 6.18 Å². The maximum Gasteiger partial charge on any atom is 0.430 e. The summed E-state index contributed by atoms with van der Waals surface area (Å²) < 4.78 is 37.0. The number of hydrogen-bond acceptors (Lipinski definition) is 2. The predicted molar refractivity (Wildman–Crippen MR) is 49.0 cm³/mol. The van der Waals surface area contributed by atoms with E-state index >= 15 is 0 Å². The summed E-state index contributed by atoms with van der Waals surface area (Å²) >= 11 is 2.92. The Hall–Kier alpha value is -0.390. The first-order valence-electron chi connectivity index (χ1n) is 3.69. The van der Waals surface area contributed by atoms with E-state index in [9.17, 15) is 13.2 Å². The van der Waals surface area contributed by atoms with E-state index in [-0.39, 0.29) is 6.54 Å². The molecule has 1 atom stereocenters. The molecular formula is C7H8BrF3N2. The Labute approximate surface area is 82.1 Å². The minimum absolute atomic E-state index is 0.105.